The van der Waals surface area contributed by atoms with E-state index in [1.54, 1.807) is 11.3 Å². The van der Waals surface area contributed by atoms with E-state index in [1.807, 2.05) is 30.3 Å². The fourth-order valence-corrected chi connectivity index (χ4v) is 2.46. The van der Waals surface area contributed by atoms with Crippen LogP contribution in [0.4, 0.5) is 0 Å². The highest BCUT2D eigenvalue weighted by atomic mass is 32.1. The number of nitrogens with one attached hydrogen (secondary N) is 1. The van der Waals surface area contributed by atoms with Crippen molar-refractivity contribution in [2.75, 3.05) is 13.2 Å². The van der Waals surface area contributed by atoms with Gasteiger partial charge in [0.15, 0.2) is 0 Å². The highest BCUT2D eigenvalue weighted by Gasteiger charge is 2.11. The second-order valence-electron chi connectivity index (χ2n) is 3.75. The third-order valence-electron chi connectivity index (χ3n) is 2.50. The number of ether oxygens (including phenoxy) is 1. The molecule has 0 radical (unpaired) electrons. The van der Waals surface area contributed by atoms with Gasteiger partial charge in [0, 0.05) is 4.88 Å². The molecule has 0 bridgehead atoms. The lowest BCUT2D eigenvalue weighted by Gasteiger charge is -2.17. The molecule has 90 valence electrons. The average molecular weight is 247 g/mol. The fourth-order valence-electron chi connectivity index (χ4n) is 1.67. The van der Waals surface area contributed by atoms with E-state index < -0.39 is 0 Å². The van der Waals surface area contributed by atoms with Gasteiger partial charge in [-0.05, 0) is 30.1 Å². The molecule has 0 aliphatic carbocycles. The Kier molecular flexibility index (Phi) is 4.59. The van der Waals surface area contributed by atoms with Gasteiger partial charge in [0.2, 0.25) is 0 Å². The van der Waals surface area contributed by atoms with Gasteiger partial charge in [0.25, 0.3) is 0 Å². The first kappa shape index (κ1) is 12.1. The van der Waals surface area contributed by atoms with Gasteiger partial charge in [-0.1, -0.05) is 31.2 Å². The lowest BCUT2D eigenvalue weighted by molar-refractivity contribution is 0.270. The molecule has 0 saturated heterocycles. The summed E-state index contributed by atoms with van der Waals surface area (Å²) < 4.78 is 5.79. The molecule has 2 nitrogen and oxygen atoms in total. The number of hydrogen-bond donors (Lipinski definition) is 1. The fraction of sp³-hybridized carbons (Fsp3) is 0.286. The lowest BCUT2D eigenvalue weighted by atomic mass is 10.2. The van der Waals surface area contributed by atoms with Crippen LogP contribution in [0.2, 0.25) is 0 Å². The van der Waals surface area contributed by atoms with E-state index in [-0.39, 0.29) is 6.04 Å². The van der Waals surface area contributed by atoms with Gasteiger partial charge in [0.1, 0.15) is 12.4 Å². The number of likely N-dealkylation sites (N-methyl/N-ethyl adjacent to an activating group) is 1. The zero-order valence-corrected chi connectivity index (χ0v) is 10.7. The van der Waals surface area contributed by atoms with E-state index in [1.165, 1.54) is 4.88 Å². The average Bonchev–Trinajstić information content (AvgIpc) is 2.89. The molecule has 3 heteroatoms. The molecule has 2 rings (SSSR count). The quantitative estimate of drug-likeness (QED) is 0.844. The Morgan fingerprint density at radius 1 is 1.18 bits per heavy atom. The molecule has 1 atom stereocenters. The van der Waals surface area contributed by atoms with E-state index in [9.17, 15) is 0 Å². The van der Waals surface area contributed by atoms with Crippen molar-refractivity contribution < 1.29 is 4.74 Å². The van der Waals surface area contributed by atoms with Crippen LogP contribution in [0, 0.1) is 0 Å². The van der Waals surface area contributed by atoms with Gasteiger partial charge in [-0.2, -0.15) is 0 Å². The van der Waals surface area contributed by atoms with Gasteiger partial charge in [-0.3, -0.25) is 0 Å². The monoisotopic (exact) mass is 247 g/mol. The molecule has 0 fully saturated rings. The largest absolute Gasteiger partial charge is 0.492 e. The highest BCUT2D eigenvalue weighted by Crippen LogP contribution is 2.20. The Bertz CT molecular complexity index is 413. The summed E-state index contributed by atoms with van der Waals surface area (Å²) in [7, 11) is 0. The first-order valence-electron chi connectivity index (χ1n) is 5.84. The third-order valence-corrected chi connectivity index (χ3v) is 3.48. The van der Waals surface area contributed by atoms with Crippen LogP contribution in [0.15, 0.2) is 47.8 Å². The third kappa shape index (κ3) is 3.58. The van der Waals surface area contributed by atoms with Crippen LogP contribution in [-0.4, -0.2) is 13.2 Å². The smallest absolute Gasteiger partial charge is 0.119 e. The molecule has 1 aromatic carbocycles. The molecular weight excluding hydrogens is 230 g/mol. The van der Waals surface area contributed by atoms with Gasteiger partial charge < -0.3 is 10.1 Å². The molecule has 1 N–H and O–H groups in total. The van der Waals surface area contributed by atoms with Crippen LogP contribution in [0.1, 0.15) is 17.8 Å². The van der Waals surface area contributed by atoms with E-state index >= 15 is 0 Å². The summed E-state index contributed by atoms with van der Waals surface area (Å²) in [5.41, 5.74) is 0. The second kappa shape index (κ2) is 6.42. The molecule has 1 unspecified atom stereocenters. The molecule has 0 amide bonds. The highest BCUT2D eigenvalue weighted by molar-refractivity contribution is 7.10. The Morgan fingerprint density at radius 2 is 2.00 bits per heavy atom. The second-order valence-corrected chi connectivity index (χ2v) is 4.73. The molecule has 17 heavy (non-hydrogen) atoms. The maximum absolute atomic E-state index is 5.79. The summed E-state index contributed by atoms with van der Waals surface area (Å²) in [6, 6.07) is 14.4. The molecule has 0 spiro atoms. The minimum atomic E-state index is 0.278. The van der Waals surface area contributed by atoms with E-state index in [4.69, 9.17) is 4.74 Å². The Hall–Kier alpha value is -1.32. The summed E-state index contributed by atoms with van der Waals surface area (Å²) >= 11 is 1.76. The Labute approximate surface area is 106 Å². The summed E-state index contributed by atoms with van der Waals surface area (Å²) in [6.45, 7) is 3.72. The van der Waals surface area contributed by atoms with Gasteiger partial charge in [-0.25, -0.2) is 0 Å². The van der Waals surface area contributed by atoms with Crippen molar-refractivity contribution in [2.45, 2.75) is 13.0 Å². The van der Waals surface area contributed by atoms with Crippen molar-refractivity contribution in [3.63, 3.8) is 0 Å². The van der Waals surface area contributed by atoms with Crippen LogP contribution in [-0.2, 0) is 0 Å². The topological polar surface area (TPSA) is 21.3 Å². The maximum atomic E-state index is 5.79. The molecule has 0 saturated carbocycles. The molecule has 0 aliphatic heterocycles. The maximum Gasteiger partial charge on any atom is 0.119 e. The lowest BCUT2D eigenvalue weighted by Crippen LogP contribution is -2.25. The van der Waals surface area contributed by atoms with E-state index in [2.05, 4.69) is 29.8 Å². The van der Waals surface area contributed by atoms with Gasteiger partial charge >= 0.3 is 0 Å². The molecule has 1 heterocycles. The number of benzene rings is 1. The van der Waals surface area contributed by atoms with Gasteiger partial charge in [0.05, 0.1) is 6.04 Å². The molecular formula is C14H17NOS. The summed E-state index contributed by atoms with van der Waals surface area (Å²) in [5, 5.41) is 5.54. The van der Waals surface area contributed by atoms with Crippen molar-refractivity contribution in [1.29, 1.82) is 0 Å². The predicted molar refractivity (Wildman–Crippen MR) is 72.7 cm³/mol. The zero-order valence-electron chi connectivity index (χ0n) is 9.93. The van der Waals surface area contributed by atoms with Crippen LogP contribution >= 0.6 is 11.3 Å². The first-order valence-corrected chi connectivity index (χ1v) is 6.72. The van der Waals surface area contributed by atoms with Crippen molar-refractivity contribution in [3.8, 4) is 5.75 Å². The molecule has 2 aromatic rings. The minimum Gasteiger partial charge on any atom is -0.492 e. The van der Waals surface area contributed by atoms with Crippen LogP contribution in [0.5, 0.6) is 5.75 Å². The van der Waals surface area contributed by atoms with Crippen molar-refractivity contribution in [1.82, 2.24) is 5.32 Å². The number of thiophene rings is 1. The van der Waals surface area contributed by atoms with Crippen LogP contribution < -0.4 is 10.1 Å². The normalized spacial score (nSPS) is 12.3. The van der Waals surface area contributed by atoms with Crippen molar-refractivity contribution in [2.24, 2.45) is 0 Å². The van der Waals surface area contributed by atoms with Crippen molar-refractivity contribution >= 4 is 11.3 Å². The predicted octanol–water partition coefficient (Wildman–Crippen LogP) is 3.48. The van der Waals surface area contributed by atoms with E-state index in [0.29, 0.717) is 6.61 Å². The summed E-state index contributed by atoms with van der Waals surface area (Å²) in [5.74, 6) is 0.923. The number of rotatable bonds is 6. The van der Waals surface area contributed by atoms with Crippen LogP contribution in [0.25, 0.3) is 0 Å². The minimum absolute atomic E-state index is 0.278. The Balaban J connectivity index is 1.95. The van der Waals surface area contributed by atoms with Crippen molar-refractivity contribution in [3.05, 3.63) is 52.7 Å². The van der Waals surface area contributed by atoms with E-state index in [0.717, 1.165) is 12.3 Å². The molecule has 1 aromatic heterocycles. The molecule has 0 aliphatic rings. The standard InChI is InChI=1S/C14H17NOS/c1-2-15-13(14-9-6-10-17-14)11-16-12-7-4-3-5-8-12/h3-10,13,15H,2,11H2,1H3. The zero-order chi connectivity index (χ0) is 11.9. The number of para-hydroxylation sites is 1. The SMILES string of the molecule is CCNC(COc1ccccc1)c1cccs1. The van der Waals surface area contributed by atoms with Gasteiger partial charge in [-0.15, -0.1) is 11.3 Å². The number of hydrogen-bond acceptors (Lipinski definition) is 3. The summed E-state index contributed by atoms with van der Waals surface area (Å²) in [6.07, 6.45) is 0. The first-order chi connectivity index (χ1) is 8.40. The summed E-state index contributed by atoms with van der Waals surface area (Å²) in [4.78, 5) is 1.32. The van der Waals surface area contributed by atoms with Crippen LogP contribution in [0.3, 0.4) is 0 Å². The Morgan fingerprint density at radius 3 is 2.65 bits per heavy atom.